The quantitative estimate of drug-likeness (QED) is 0.266. The summed E-state index contributed by atoms with van der Waals surface area (Å²) in [4.78, 5) is 0. The van der Waals surface area contributed by atoms with E-state index in [1.54, 1.807) is 7.11 Å². The molecule has 0 saturated heterocycles. The van der Waals surface area contributed by atoms with Crippen molar-refractivity contribution < 1.29 is 9.47 Å². The first-order valence-corrected chi connectivity index (χ1v) is 9.87. The van der Waals surface area contributed by atoms with Gasteiger partial charge in [-0.1, -0.05) is 44.2 Å². The van der Waals surface area contributed by atoms with E-state index in [0.29, 0.717) is 6.10 Å². The van der Waals surface area contributed by atoms with Crippen LogP contribution in [0.4, 0.5) is 0 Å². The molecule has 0 aliphatic rings. The fourth-order valence-electron chi connectivity index (χ4n) is 3.44. The first-order chi connectivity index (χ1) is 12.6. The van der Waals surface area contributed by atoms with E-state index in [4.69, 9.17) is 9.47 Å². The Labute approximate surface area is 161 Å². The van der Waals surface area contributed by atoms with Crippen molar-refractivity contribution in [3.63, 3.8) is 0 Å². The Hall–Kier alpha value is -1.72. The molecule has 0 heterocycles. The molecule has 2 nitrogen and oxygen atoms in total. The van der Waals surface area contributed by atoms with Crippen LogP contribution in [-0.2, 0) is 11.2 Å². The first kappa shape index (κ1) is 22.3. The zero-order valence-electron chi connectivity index (χ0n) is 17.4. The van der Waals surface area contributed by atoms with Gasteiger partial charge in [-0.15, -0.1) is 12.5 Å². The van der Waals surface area contributed by atoms with E-state index in [1.165, 1.54) is 36.0 Å². The Bertz CT molecular complexity index is 607. The second-order valence-electron chi connectivity index (χ2n) is 6.90. The van der Waals surface area contributed by atoms with Gasteiger partial charge in [-0.05, 0) is 50.3 Å². The van der Waals surface area contributed by atoms with Crippen LogP contribution >= 0.6 is 0 Å². The maximum Gasteiger partial charge on any atom is 0.122 e. The maximum atomic E-state index is 5.59. The minimum Gasteiger partial charge on any atom is -0.496 e. The van der Waals surface area contributed by atoms with Crippen molar-refractivity contribution in [3.8, 4) is 17.6 Å². The molecular weight excluding hydrogens is 320 g/mol. The second-order valence-corrected chi connectivity index (χ2v) is 6.90. The van der Waals surface area contributed by atoms with Gasteiger partial charge >= 0.3 is 0 Å². The highest BCUT2D eigenvalue weighted by Gasteiger charge is 2.15. The number of hydrogen-bond acceptors (Lipinski definition) is 2. The molecule has 0 saturated carbocycles. The second kappa shape index (κ2) is 12.6. The van der Waals surface area contributed by atoms with Crippen LogP contribution in [0.1, 0.15) is 75.0 Å². The van der Waals surface area contributed by atoms with E-state index < -0.39 is 0 Å². The molecule has 1 unspecified atom stereocenters. The lowest BCUT2D eigenvalue weighted by Crippen LogP contribution is -2.09. The van der Waals surface area contributed by atoms with Gasteiger partial charge in [0.15, 0.2) is 0 Å². The molecule has 26 heavy (non-hydrogen) atoms. The van der Waals surface area contributed by atoms with Crippen LogP contribution in [0.3, 0.4) is 0 Å². The monoisotopic (exact) mass is 356 g/mol. The number of rotatable bonds is 11. The molecule has 1 aromatic carbocycles. The van der Waals surface area contributed by atoms with Gasteiger partial charge in [0, 0.05) is 25.0 Å². The smallest absolute Gasteiger partial charge is 0.122 e. The molecule has 0 aliphatic carbocycles. The number of allylic oxidation sites excluding steroid dienone is 1. The predicted molar refractivity (Wildman–Crippen MR) is 112 cm³/mol. The summed E-state index contributed by atoms with van der Waals surface area (Å²) in [7, 11) is 3.54. The van der Waals surface area contributed by atoms with E-state index >= 15 is 0 Å². The summed E-state index contributed by atoms with van der Waals surface area (Å²) in [5.41, 5.74) is 3.75. The van der Waals surface area contributed by atoms with E-state index in [1.807, 2.05) is 19.3 Å². The Morgan fingerprint density at radius 2 is 1.96 bits per heavy atom. The molecule has 2 atom stereocenters. The zero-order chi connectivity index (χ0) is 19.4. The summed E-state index contributed by atoms with van der Waals surface area (Å²) in [6, 6.07) is 4.16. The fourth-order valence-corrected chi connectivity index (χ4v) is 3.44. The molecule has 0 N–H and O–H groups in total. The number of aryl methyl sites for hydroxylation is 1. The first-order valence-electron chi connectivity index (χ1n) is 9.87. The fraction of sp³-hybridized carbons (Fsp3) is 0.583. The highest BCUT2D eigenvalue weighted by Crippen LogP contribution is 2.31. The summed E-state index contributed by atoms with van der Waals surface area (Å²) in [6.45, 7) is 10.4. The third-order valence-electron chi connectivity index (χ3n) is 4.91. The molecule has 0 spiro atoms. The van der Waals surface area contributed by atoms with Crippen molar-refractivity contribution in [2.75, 3.05) is 14.2 Å². The van der Waals surface area contributed by atoms with E-state index in [2.05, 4.69) is 45.3 Å². The lowest BCUT2D eigenvalue weighted by atomic mass is 9.89. The van der Waals surface area contributed by atoms with Gasteiger partial charge in [0.2, 0.25) is 0 Å². The predicted octanol–water partition coefficient (Wildman–Crippen LogP) is 6.21. The lowest BCUT2D eigenvalue weighted by molar-refractivity contribution is 0.0870. The molecular formula is C24H36O2. The lowest BCUT2D eigenvalue weighted by Gasteiger charge is -2.18. The SMILES string of the molecule is C=CCc1c(OC)ccc(C)c1C(C)C#CCC[C@H](CCCCC)OC. The average Bonchev–Trinajstić information content (AvgIpc) is 2.64. The summed E-state index contributed by atoms with van der Waals surface area (Å²) in [5.74, 6) is 7.92. The van der Waals surface area contributed by atoms with Crippen molar-refractivity contribution in [2.24, 2.45) is 0 Å². The summed E-state index contributed by atoms with van der Waals surface area (Å²) in [6.07, 6.45) is 9.87. The summed E-state index contributed by atoms with van der Waals surface area (Å²) < 4.78 is 11.1. The Balaban J connectivity index is 2.78. The van der Waals surface area contributed by atoms with Gasteiger partial charge in [0.25, 0.3) is 0 Å². The van der Waals surface area contributed by atoms with Crippen LogP contribution in [0.25, 0.3) is 0 Å². The van der Waals surface area contributed by atoms with Crippen LogP contribution in [0, 0.1) is 18.8 Å². The molecule has 2 heteroatoms. The van der Waals surface area contributed by atoms with E-state index in [-0.39, 0.29) is 5.92 Å². The Morgan fingerprint density at radius 3 is 2.58 bits per heavy atom. The molecule has 0 fully saturated rings. The molecule has 0 aromatic heterocycles. The molecule has 0 radical (unpaired) electrons. The zero-order valence-corrected chi connectivity index (χ0v) is 17.4. The third-order valence-corrected chi connectivity index (χ3v) is 4.91. The van der Waals surface area contributed by atoms with Crippen molar-refractivity contribution in [3.05, 3.63) is 41.5 Å². The number of unbranched alkanes of at least 4 members (excludes halogenated alkanes) is 2. The highest BCUT2D eigenvalue weighted by atomic mass is 16.5. The number of hydrogen-bond donors (Lipinski definition) is 0. The van der Waals surface area contributed by atoms with Gasteiger partial charge in [0.05, 0.1) is 13.2 Å². The van der Waals surface area contributed by atoms with Crippen molar-refractivity contribution in [1.82, 2.24) is 0 Å². The van der Waals surface area contributed by atoms with Crippen LogP contribution in [0.2, 0.25) is 0 Å². The topological polar surface area (TPSA) is 18.5 Å². The molecule has 144 valence electrons. The van der Waals surface area contributed by atoms with Crippen molar-refractivity contribution >= 4 is 0 Å². The van der Waals surface area contributed by atoms with Gasteiger partial charge < -0.3 is 9.47 Å². The van der Waals surface area contributed by atoms with Gasteiger partial charge in [0.1, 0.15) is 5.75 Å². The summed E-state index contributed by atoms with van der Waals surface area (Å²) in [5, 5.41) is 0. The maximum absolute atomic E-state index is 5.59. The molecule has 0 amide bonds. The molecule has 1 aromatic rings. The van der Waals surface area contributed by atoms with E-state index in [0.717, 1.165) is 31.4 Å². The highest BCUT2D eigenvalue weighted by molar-refractivity contribution is 5.49. The number of ether oxygens (including phenoxy) is 2. The van der Waals surface area contributed by atoms with Crippen LogP contribution < -0.4 is 4.74 Å². The van der Waals surface area contributed by atoms with Crippen molar-refractivity contribution in [2.45, 2.75) is 77.7 Å². The van der Waals surface area contributed by atoms with E-state index in [9.17, 15) is 0 Å². The number of methoxy groups -OCH3 is 2. The number of benzene rings is 1. The standard InChI is InChI=1S/C24H36O2/c1-7-9-10-15-21(25-5)16-12-11-14-19(3)24-20(4)17-18-23(26-6)22(24)13-8-2/h8,17-19,21H,2,7,9-10,12-13,15-16H2,1,3-6H3/t19?,21-/m0/s1. The minimum atomic E-state index is 0.182. The van der Waals surface area contributed by atoms with Crippen LogP contribution in [0.5, 0.6) is 5.75 Å². The third kappa shape index (κ3) is 6.89. The minimum absolute atomic E-state index is 0.182. The summed E-state index contributed by atoms with van der Waals surface area (Å²) >= 11 is 0. The Kier molecular flexibility index (Phi) is 10.8. The van der Waals surface area contributed by atoms with Crippen LogP contribution in [-0.4, -0.2) is 20.3 Å². The van der Waals surface area contributed by atoms with Crippen molar-refractivity contribution in [1.29, 1.82) is 0 Å². The van der Waals surface area contributed by atoms with Gasteiger partial charge in [-0.3, -0.25) is 0 Å². The molecule has 0 bridgehead atoms. The van der Waals surface area contributed by atoms with Gasteiger partial charge in [-0.25, -0.2) is 0 Å². The van der Waals surface area contributed by atoms with Crippen LogP contribution in [0.15, 0.2) is 24.8 Å². The van der Waals surface area contributed by atoms with Gasteiger partial charge in [-0.2, -0.15) is 0 Å². The molecule has 0 aliphatic heterocycles. The normalized spacial score (nSPS) is 12.8. The largest absolute Gasteiger partial charge is 0.496 e. The average molecular weight is 357 g/mol. The Morgan fingerprint density at radius 1 is 1.19 bits per heavy atom. The molecule has 1 rings (SSSR count).